The van der Waals surface area contributed by atoms with Gasteiger partial charge in [-0.2, -0.15) is 15.0 Å². The van der Waals surface area contributed by atoms with Gasteiger partial charge in [0.05, 0.1) is 36.0 Å². The Morgan fingerprint density at radius 3 is 2.86 bits per heavy atom. The Hall–Kier alpha value is -4.00. The average Bonchev–Trinajstić information content (AvgIpc) is 3.10. The number of fused-ring (bicyclic) bond motifs is 1. The smallest absolute Gasteiger partial charge is 0.167 e. The third-order valence-corrected chi connectivity index (χ3v) is 4.89. The van der Waals surface area contributed by atoms with Crippen molar-refractivity contribution in [1.82, 2.24) is 34.7 Å². The maximum atomic E-state index is 9.14. The Morgan fingerprint density at radius 1 is 1.29 bits per heavy atom. The fraction of sp³-hybridized carbons (Fsp3) is 0.222. The number of anilines is 2. The lowest BCUT2D eigenvalue weighted by molar-refractivity contribution is 0.780. The highest BCUT2D eigenvalue weighted by Gasteiger charge is 2.37. The van der Waals surface area contributed by atoms with Crippen molar-refractivity contribution < 1.29 is 0 Å². The van der Waals surface area contributed by atoms with Crippen molar-refractivity contribution in [1.29, 1.82) is 5.26 Å². The van der Waals surface area contributed by atoms with Gasteiger partial charge in [-0.1, -0.05) is 5.21 Å². The van der Waals surface area contributed by atoms with E-state index in [0.29, 0.717) is 17.0 Å². The molecule has 4 aromatic heterocycles. The van der Waals surface area contributed by atoms with E-state index in [-0.39, 0.29) is 11.4 Å². The molecular weight excluding hydrogens is 356 g/mol. The van der Waals surface area contributed by atoms with E-state index in [2.05, 4.69) is 37.6 Å². The van der Waals surface area contributed by atoms with E-state index in [4.69, 9.17) is 11.0 Å². The lowest BCUT2D eigenvalue weighted by Crippen LogP contribution is -2.18. The lowest BCUT2D eigenvalue weighted by Gasteiger charge is -2.17. The number of pyridine rings is 2. The number of rotatable bonds is 4. The van der Waals surface area contributed by atoms with E-state index in [0.717, 1.165) is 29.6 Å². The van der Waals surface area contributed by atoms with Crippen molar-refractivity contribution in [3.63, 3.8) is 0 Å². The number of hydrogen-bond donors (Lipinski definition) is 2. The largest absolute Gasteiger partial charge is 0.383 e. The molecular formula is C18H16N10. The summed E-state index contributed by atoms with van der Waals surface area (Å²) in [5, 5.41) is 25.8. The van der Waals surface area contributed by atoms with E-state index in [1.165, 1.54) is 0 Å². The summed E-state index contributed by atoms with van der Waals surface area (Å²) in [4.78, 5) is 8.88. The summed E-state index contributed by atoms with van der Waals surface area (Å²) in [6.45, 7) is 2.17. The zero-order chi connectivity index (χ0) is 19.3. The summed E-state index contributed by atoms with van der Waals surface area (Å²) >= 11 is 0. The fourth-order valence-electron chi connectivity index (χ4n) is 3.04. The minimum atomic E-state index is 0.0600. The molecule has 1 aliphatic carbocycles. The maximum Gasteiger partial charge on any atom is 0.167 e. The van der Waals surface area contributed by atoms with Gasteiger partial charge in [0.15, 0.2) is 11.5 Å². The number of hydrogen-bond acceptors (Lipinski definition) is 8. The Balaban J connectivity index is 1.65. The van der Waals surface area contributed by atoms with Gasteiger partial charge in [0.1, 0.15) is 17.6 Å². The molecule has 10 nitrogen and oxygen atoms in total. The van der Waals surface area contributed by atoms with Gasteiger partial charge in [-0.25, -0.2) is 14.6 Å². The van der Waals surface area contributed by atoms with Crippen LogP contribution < -0.4 is 11.1 Å². The second-order valence-corrected chi connectivity index (χ2v) is 7.10. The summed E-state index contributed by atoms with van der Waals surface area (Å²) in [5.74, 6) is 0.752. The van der Waals surface area contributed by atoms with Gasteiger partial charge < -0.3 is 11.1 Å². The van der Waals surface area contributed by atoms with Crippen molar-refractivity contribution in [2.45, 2.75) is 25.3 Å². The van der Waals surface area contributed by atoms with Crippen LogP contribution in [0.2, 0.25) is 0 Å². The molecule has 5 rings (SSSR count). The molecule has 0 aliphatic heterocycles. The van der Waals surface area contributed by atoms with Crippen LogP contribution in [0.3, 0.4) is 0 Å². The summed E-state index contributed by atoms with van der Waals surface area (Å²) in [6.07, 6.45) is 8.95. The van der Waals surface area contributed by atoms with Gasteiger partial charge in [0.2, 0.25) is 0 Å². The van der Waals surface area contributed by atoms with Gasteiger partial charge in [-0.05, 0) is 25.8 Å². The predicted octanol–water partition coefficient (Wildman–Crippen LogP) is 1.81. The van der Waals surface area contributed by atoms with Crippen LogP contribution in [0, 0.1) is 11.3 Å². The highest BCUT2D eigenvalue weighted by Crippen LogP contribution is 2.39. The molecule has 4 aromatic rings. The summed E-state index contributed by atoms with van der Waals surface area (Å²) in [5.41, 5.74) is 8.49. The van der Waals surface area contributed by atoms with Gasteiger partial charge in [0.25, 0.3) is 0 Å². The molecule has 28 heavy (non-hydrogen) atoms. The van der Waals surface area contributed by atoms with Crippen LogP contribution in [0.25, 0.3) is 22.5 Å². The number of nitrogens with two attached hydrogens (primary N) is 1. The van der Waals surface area contributed by atoms with Crippen LogP contribution in [0.1, 0.15) is 25.3 Å². The lowest BCUT2D eigenvalue weighted by atomic mass is 10.2. The highest BCUT2D eigenvalue weighted by atomic mass is 15.4. The number of nitrogens with zero attached hydrogens (tertiary/aromatic N) is 8. The van der Waals surface area contributed by atoms with Crippen molar-refractivity contribution >= 4 is 22.5 Å². The molecule has 1 fully saturated rings. The predicted molar refractivity (Wildman–Crippen MR) is 102 cm³/mol. The Kier molecular flexibility index (Phi) is 3.33. The molecule has 0 bridgehead atoms. The molecule has 0 saturated heterocycles. The van der Waals surface area contributed by atoms with E-state index in [9.17, 15) is 0 Å². The van der Waals surface area contributed by atoms with Crippen LogP contribution in [0.5, 0.6) is 0 Å². The topological polar surface area (TPSA) is 136 Å². The molecule has 1 saturated carbocycles. The van der Waals surface area contributed by atoms with Crippen molar-refractivity contribution in [2.75, 3.05) is 11.1 Å². The van der Waals surface area contributed by atoms with Crippen molar-refractivity contribution in [2.24, 2.45) is 0 Å². The standard InChI is InChI=1S/C18H16N10/c1-18(2-3-18)25-13-7-15(21-10-14(13)27-5-4-22-26-27)28-17-12(9-23-28)6-11(8-19)16(20)24-17/h4-7,9-10H,2-3H2,1H3,(H2,20,24)(H,21,25). The molecule has 1 aliphatic rings. The van der Waals surface area contributed by atoms with Crippen LogP contribution in [0.4, 0.5) is 11.5 Å². The molecule has 10 heteroatoms. The quantitative estimate of drug-likeness (QED) is 0.553. The molecule has 0 atom stereocenters. The molecule has 0 radical (unpaired) electrons. The second-order valence-electron chi connectivity index (χ2n) is 7.10. The number of aromatic nitrogens is 7. The van der Waals surface area contributed by atoms with E-state index in [1.54, 1.807) is 40.2 Å². The Labute approximate surface area is 159 Å². The minimum Gasteiger partial charge on any atom is -0.383 e. The first-order valence-electron chi connectivity index (χ1n) is 8.76. The zero-order valence-corrected chi connectivity index (χ0v) is 15.0. The fourth-order valence-corrected chi connectivity index (χ4v) is 3.04. The van der Waals surface area contributed by atoms with Gasteiger partial charge in [-0.3, -0.25) is 0 Å². The first-order chi connectivity index (χ1) is 13.6. The summed E-state index contributed by atoms with van der Waals surface area (Å²) in [7, 11) is 0. The molecule has 138 valence electrons. The maximum absolute atomic E-state index is 9.14. The molecule has 0 amide bonds. The van der Waals surface area contributed by atoms with Crippen LogP contribution in [-0.4, -0.2) is 40.3 Å². The van der Waals surface area contributed by atoms with Crippen LogP contribution in [-0.2, 0) is 0 Å². The first-order valence-corrected chi connectivity index (χ1v) is 8.76. The molecule has 4 heterocycles. The van der Waals surface area contributed by atoms with E-state index >= 15 is 0 Å². The third-order valence-electron chi connectivity index (χ3n) is 4.89. The number of nitrogen functional groups attached to an aromatic ring is 1. The van der Waals surface area contributed by atoms with Crippen molar-refractivity contribution in [3.8, 4) is 17.6 Å². The molecule has 0 spiro atoms. The monoisotopic (exact) mass is 372 g/mol. The SMILES string of the molecule is CC1(Nc2cc(-n3ncc4cc(C#N)c(N)nc43)ncc2-n2ccnn2)CC1. The minimum absolute atomic E-state index is 0.0600. The third kappa shape index (κ3) is 2.61. The average molecular weight is 372 g/mol. The summed E-state index contributed by atoms with van der Waals surface area (Å²) < 4.78 is 3.28. The van der Waals surface area contributed by atoms with Gasteiger partial charge in [0, 0.05) is 17.0 Å². The number of nitriles is 1. The van der Waals surface area contributed by atoms with Crippen LogP contribution >= 0.6 is 0 Å². The second kappa shape index (κ2) is 5.75. The zero-order valence-electron chi connectivity index (χ0n) is 15.0. The molecule has 0 unspecified atom stereocenters. The molecule has 0 aromatic carbocycles. The van der Waals surface area contributed by atoms with Gasteiger partial charge in [-0.15, -0.1) is 5.10 Å². The highest BCUT2D eigenvalue weighted by molar-refractivity contribution is 5.80. The van der Waals surface area contributed by atoms with Crippen molar-refractivity contribution in [3.05, 3.63) is 42.5 Å². The number of nitrogens with one attached hydrogen (secondary N) is 1. The van der Waals surface area contributed by atoms with Gasteiger partial charge >= 0.3 is 0 Å². The Bertz CT molecular complexity index is 1230. The van der Waals surface area contributed by atoms with E-state index < -0.39 is 0 Å². The molecule has 3 N–H and O–H groups in total. The Morgan fingerprint density at radius 2 is 2.14 bits per heavy atom. The van der Waals surface area contributed by atoms with Crippen LogP contribution in [0.15, 0.2) is 36.9 Å². The van der Waals surface area contributed by atoms with E-state index in [1.807, 2.05) is 12.1 Å². The summed E-state index contributed by atoms with van der Waals surface area (Å²) in [6, 6.07) is 5.62. The normalized spacial score (nSPS) is 14.7. The first kappa shape index (κ1) is 16.2.